The van der Waals surface area contributed by atoms with E-state index in [2.05, 4.69) is 9.72 Å². The van der Waals surface area contributed by atoms with Gasteiger partial charge in [0, 0.05) is 12.1 Å². The molecule has 0 unspecified atom stereocenters. The molecule has 1 aromatic heterocycles. The van der Waals surface area contributed by atoms with E-state index in [0.717, 1.165) is 6.07 Å². The van der Waals surface area contributed by atoms with Crippen LogP contribution in [0.2, 0.25) is 0 Å². The Morgan fingerprint density at radius 3 is 2.67 bits per heavy atom. The van der Waals surface area contributed by atoms with Gasteiger partial charge in [0.15, 0.2) is 6.61 Å². The quantitative estimate of drug-likeness (QED) is 0.501. The maximum atomic E-state index is 12.6. The summed E-state index contributed by atoms with van der Waals surface area (Å²) in [5, 5.41) is 11.0. The van der Waals surface area contributed by atoms with Gasteiger partial charge in [-0.25, -0.2) is 4.98 Å². The van der Waals surface area contributed by atoms with E-state index in [1.165, 1.54) is 41.2 Å². The highest BCUT2D eigenvalue weighted by Gasteiger charge is 2.28. The van der Waals surface area contributed by atoms with Crippen LogP contribution in [0.25, 0.3) is 10.9 Å². The lowest BCUT2D eigenvalue weighted by Gasteiger charge is -2.11. The molecule has 2 aromatic carbocycles. The molecule has 0 aliphatic heterocycles. The largest absolute Gasteiger partial charge is 0.484 e. The summed E-state index contributed by atoms with van der Waals surface area (Å²) in [5.41, 5.74) is 0.0967. The lowest BCUT2D eigenvalue weighted by Crippen LogP contribution is -2.21. The number of nitro benzene ring substituents is 1. The molecule has 0 amide bonds. The normalized spacial score (nSPS) is 11.5. The molecule has 0 saturated carbocycles. The number of nitro groups is 1. The number of rotatable bonds is 5. The molecule has 27 heavy (non-hydrogen) atoms. The second-order valence-electron chi connectivity index (χ2n) is 5.69. The summed E-state index contributed by atoms with van der Waals surface area (Å²) in [4.78, 5) is 26.9. The lowest BCUT2D eigenvalue weighted by atomic mass is 10.2. The van der Waals surface area contributed by atoms with Crippen molar-refractivity contribution in [3.8, 4) is 5.75 Å². The molecule has 3 rings (SSSR count). The highest BCUT2D eigenvalue weighted by Crippen LogP contribution is 2.20. The summed E-state index contributed by atoms with van der Waals surface area (Å²) in [5.74, 6) is 0.0160. The first kappa shape index (κ1) is 18.4. The number of hydrogen-bond acceptors (Lipinski definition) is 5. The van der Waals surface area contributed by atoms with Crippen LogP contribution < -0.4 is 10.3 Å². The molecule has 1 heterocycles. The van der Waals surface area contributed by atoms with Gasteiger partial charge in [0.1, 0.15) is 5.75 Å². The number of non-ortho nitro benzene ring substituents is 1. The number of fused-ring (bicyclic) bond motifs is 1. The summed E-state index contributed by atoms with van der Waals surface area (Å²) >= 11 is 0. The van der Waals surface area contributed by atoms with Gasteiger partial charge in [-0.1, -0.05) is 12.1 Å². The Morgan fingerprint density at radius 2 is 1.96 bits per heavy atom. The van der Waals surface area contributed by atoms with Crippen molar-refractivity contribution < 1.29 is 22.8 Å². The molecule has 0 saturated heterocycles. The van der Waals surface area contributed by atoms with Gasteiger partial charge in [-0.05, 0) is 23.8 Å². The van der Waals surface area contributed by atoms with Crippen LogP contribution in [0, 0.1) is 10.1 Å². The van der Waals surface area contributed by atoms with Gasteiger partial charge >= 0.3 is 6.18 Å². The van der Waals surface area contributed by atoms with Crippen LogP contribution in [-0.4, -0.2) is 27.3 Å². The van der Waals surface area contributed by atoms with Crippen molar-refractivity contribution in [2.75, 3.05) is 6.61 Å². The van der Waals surface area contributed by atoms with Crippen LogP contribution in [0.3, 0.4) is 0 Å². The van der Waals surface area contributed by atoms with Gasteiger partial charge in [0.2, 0.25) is 0 Å². The van der Waals surface area contributed by atoms with Gasteiger partial charge in [-0.3, -0.25) is 19.5 Å². The third-order valence-electron chi connectivity index (χ3n) is 3.67. The smallest absolute Gasteiger partial charge is 0.422 e. The zero-order valence-corrected chi connectivity index (χ0v) is 13.6. The van der Waals surface area contributed by atoms with Crippen LogP contribution in [-0.2, 0) is 6.54 Å². The van der Waals surface area contributed by atoms with E-state index in [4.69, 9.17) is 0 Å². The summed E-state index contributed by atoms with van der Waals surface area (Å²) in [6.45, 7) is -1.40. The van der Waals surface area contributed by atoms with Crippen molar-refractivity contribution in [3.63, 3.8) is 0 Å². The second kappa shape index (κ2) is 7.06. The van der Waals surface area contributed by atoms with Gasteiger partial charge in [0.05, 0.1) is 28.7 Å². The van der Waals surface area contributed by atoms with Crippen molar-refractivity contribution in [2.45, 2.75) is 12.7 Å². The molecular formula is C17H12F3N3O4. The number of hydrogen-bond donors (Lipinski definition) is 0. The van der Waals surface area contributed by atoms with E-state index in [-0.39, 0.29) is 23.4 Å². The monoisotopic (exact) mass is 379 g/mol. The first-order chi connectivity index (χ1) is 12.7. The second-order valence-corrected chi connectivity index (χ2v) is 5.69. The van der Waals surface area contributed by atoms with E-state index in [1.807, 2.05) is 0 Å². The van der Waals surface area contributed by atoms with Crippen molar-refractivity contribution in [3.05, 3.63) is 74.8 Å². The maximum Gasteiger partial charge on any atom is 0.422 e. The molecule has 3 aromatic rings. The minimum Gasteiger partial charge on any atom is -0.484 e. The Bertz CT molecular complexity index is 1060. The Labute approximate surface area is 149 Å². The topological polar surface area (TPSA) is 87.3 Å². The maximum absolute atomic E-state index is 12.6. The van der Waals surface area contributed by atoms with Gasteiger partial charge in [-0.15, -0.1) is 0 Å². The van der Waals surface area contributed by atoms with E-state index < -0.39 is 23.3 Å². The molecule has 0 N–H and O–H groups in total. The molecule has 10 heteroatoms. The fraction of sp³-hybridized carbons (Fsp3) is 0.176. The molecule has 0 aliphatic carbocycles. The van der Waals surface area contributed by atoms with E-state index >= 15 is 0 Å². The minimum absolute atomic E-state index is 0.0160. The minimum atomic E-state index is -4.45. The number of ether oxygens (including phenoxy) is 1. The zero-order chi connectivity index (χ0) is 19.6. The fourth-order valence-corrected chi connectivity index (χ4v) is 2.47. The summed E-state index contributed by atoms with van der Waals surface area (Å²) in [6, 6.07) is 9.65. The van der Waals surface area contributed by atoms with E-state index in [0.29, 0.717) is 11.1 Å². The number of alkyl halides is 3. The van der Waals surface area contributed by atoms with Crippen molar-refractivity contribution >= 4 is 16.6 Å². The van der Waals surface area contributed by atoms with Crippen LogP contribution in [0.4, 0.5) is 18.9 Å². The Hall–Kier alpha value is -3.43. The number of benzene rings is 2. The third-order valence-corrected chi connectivity index (χ3v) is 3.67. The van der Waals surface area contributed by atoms with Crippen LogP contribution in [0.5, 0.6) is 5.75 Å². The summed E-state index contributed by atoms with van der Waals surface area (Å²) < 4.78 is 42.7. The first-order valence-electron chi connectivity index (χ1n) is 7.65. The molecule has 0 atom stereocenters. The first-order valence-corrected chi connectivity index (χ1v) is 7.65. The van der Waals surface area contributed by atoms with Crippen molar-refractivity contribution in [2.24, 2.45) is 0 Å². The molecule has 0 fully saturated rings. The van der Waals surface area contributed by atoms with Gasteiger partial charge in [0.25, 0.3) is 11.2 Å². The molecule has 0 aliphatic rings. The fourth-order valence-electron chi connectivity index (χ4n) is 2.47. The van der Waals surface area contributed by atoms with E-state index in [1.54, 1.807) is 6.07 Å². The number of nitrogens with zero attached hydrogens (tertiary/aromatic N) is 3. The molecular weight excluding hydrogens is 367 g/mol. The van der Waals surface area contributed by atoms with Crippen LogP contribution in [0.15, 0.2) is 53.6 Å². The molecule has 0 radical (unpaired) electrons. The Balaban J connectivity index is 1.89. The third kappa shape index (κ3) is 4.40. The molecule has 0 bridgehead atoms. The lowest BCUT2D eigenvalue weighted by molar-refractivity contribution is -0.384. The Kier molecular flexibility index (Phi) is 4.80. The van der Waals surface area contributed by atoms with Crippen LogP contribution in [0.1, 0.15) is 5.56 Å². The van der Waals surface area contributed by atoms with E-state index in [9.17, 15) is 28.1 Å². The van der Waals surface area contributed by atoms with Gasteiger partial charge in [-0.2, -0.15) is 13.2 Å². The Morgan fingerprint density at radius 1 is 1.19 bits per heavy atom. The highest BCUT2D eigenvalue weighted by atomic mass is 19.4. The predicted molar refractivity (Wildman–Crippen MR) is 89.8 cm³/mol. The molecule has 7 nitrogen and oxygen atoms in total. The number of halogens is 3. The van der Waals surface area contributed by atoms with Crippen LogP contribution >= 0.6 is 0 Å². The zero-order valence-electron chi connectivity index (χ0n) is 13.6. The SMILES string of the molecule is O=c1c2cc([N+](=O)[O-])ccc2ncn1Cc1cccc(OCC(F)(F)F)c1. The molecule has 0 spiro atoms. The van der Waals surface area contributed by atoms with Crippen molar-refractivity contribution in [1.82, 2.24) is 9.55 Å². The predicted octanol–water partition coefficient (Wildman–Crippen LogP) is 3.29. The van der Waals surface area contributed by atoms with Gasteiger partial charge < -0.3 is 4.74 Å². The average molecular weight is 379 g/mol. The highest BCUT2D eigenvalue weighted by molar-refractivity contribution is 5.79. The average Bonchev–Trinajstić information content (AvgIpc) is 2.62. The standard InChI is InChI=1S/C17H12F3N3O4/c18-17(19,20)9-27-13-3-1-2-11(6-13)8-22-10-21-15-5-4-12(23(25)26)7-14(15)16(22)24/h1-7,10H,8-9H2. The van der Waals surface area contributed by atoms with Crippen molar-refractivity contribution in [1.29, 1.82) is 0 Å². The summed E-state index contributed by atoms with van der Waals surface area (Å²) in [6.07, 6.45) is -3.18. The number of aromatic nitrogens is 2. The summed E-state index contributed by atoms with van der Waals surface area (Å²) in [7, 11) is 0. The molecule has 140 valence electrons.